The molecule has 0 fully saturated rings. The highest BCUT2D eigenvalue weighted by molar-refractivity contribution is 6.11. The molecule has 0 amide bonds. The summed E-state index contributed by atoms with van der Waals surface area (Å²) in [5.41, 5.74) is 13.2. The number of pyridine rings is 2. The van der Waals surface area contributed by atoms with E-state index < -0.39 is 0 Å². The Morgan fingerprint density at radius 1 is 0.300 bits per heavy atom. The molecule has 50 heavy (non-hydrogen) atoms. The van der Waals surface area contributed by atoms with E-state index >= 15 is 0 Å². The van der Waals surface area contributed by atoms with Crippen molar-refractivity contribution in [2.24, 2.45) is 0 Å². The van der Waals surface area contributed by atoms with E-state index in [1.807, 2.05) is 12.4 Å². The summed E-state index contributed by atoms with van der Waals surface area (Å²) < 4.78 is 4.71. The molecule has 10 rings (SSSR count). The first-order valence-electron chi connectivity index (χ1n) is 16.9. The highest BCUT2D eigenvalue weighted by Gasteiger charge is 2.16. The number of hydrogen-bond acceptors (Lipinski definition) is 2. The van der Waals surface area contributed by atoms with Crippen molar-refractivity contribution < 1.29 is 0 Å². The quantitative estimate of drug-likeness (QED) is 0.188. The molecule has 0 bridgehead atoms. The van der Waals surface area contributed by atoms with E-state index in [-0.39, 0.29) is 0 Å². The number of para-hydroxylation sites is 4. The average Bonchev–Trinajstić information content (AvgIpc) is 3.71. The van der Waals surface area contributed by atoms with Gasteiger partial charge in [-0.15, -0.1) is 0 Å². The van der Waals surface area contributed by atoms with Gasteiger partial charge in [-0.2, -0.15) is 0 Å². The molecule has 4 heterocycles. The van der Waals surface area contributed by atoms with Crippen molar-refractivity contribution in [2.45, 2.75) is 0 Å². The van der Waals surface area contributed by atoms with E-state index in [2.05, 4.69) is 179 Å². The standard InChI is InChI=1S/C46H30N4/c1-3-11-35(12-4-1)49-43-17-9-7-15-37(43)39-21-19-31(29-45(39)49)33-23-25-47-41(27-33)42-28-34(24-26-48-42)32-20-22-40-38-16-8-10-18-44(38)50(46(40)30-32)36-13-5-2-6-14-36/h1-30H. The van der Waals surface area contributed by atoms with Crippen molar-refractivity contribution in [3.05, 3.63) is 182 Å². The first-order chi connectivity index (χ1) is 24.8. The Labute approximate surface area is 289 Å². The summed E-state index contributed by atoms with van der Waals surface area (Å²) in [5.74, 6) is 0. The Hall–Kier alpha value is -6.78. The zero-order chi connectivity index (χ0) is 33.0. The summed E-state index contributed by atoms with van der Waals surface area (Å²) in [6.45, 7) is 0. The van der Waals surface area contributed by atoms with Crippen molar-refractivity contribution in [3.8, 4) is 45.0 Å². The van der Waals surface area contributed by atoms with Crippen molar-refractivity contribution in [1.29, 1.82) is 0 Å². The van der Waals surface area contributed by atoms with Crippen LogP contribution in [0.3, 0.4) is 0 Å². The smallest absolute Gasteiger partial charge is 0.0892 e. The molecule has 4 heteroatoms. The van der Waals surface area contributed by atoms with E-state index in [1.165, 1.54) is 43.6 Å². The average molecular weight is 639 g/mol. The van der Waals surface area contributed by atoms with Gasteiger partial charge in [0.05, 0.1) is 33.5 Å². The second kappa shape index (κ2) is 11.4. The first kappa shape index (κ1) is 28.3. The maximum atomic E-state index is 4.79. The molecule has 10 aromatic rings. The van der Waals surface area contributed by atoms with Crippen molar-refractivity contribution in [3.63, 3.8) is 0 Å². The maximum absolute atomic E-state index is 4.79. The van der Waals surface area contributed by atoms with Crippen LogP contribution in [-0.2, 0) is 0 Å². The third-order valence-corrected chi connectivity index (χ3v) is 9.83. The lowest BCUT2D eigenvalue weighted by Crippen LogP contribution is -1.94. The van der Waals surface area contributed by atoms with Gasteiger partial charge in [0.15, 0.2) is 0 Å². The van der Waals surface area contributed by atoms with E-state index in [0.29, 0.717) is 0 Å². The lowest BCUT2D eigenvalue weighted by Gasteiger charge is -2.10. The molecule has 4 nitrogen and oxygen atoms in total. The third-order valence-electron chi connectivity index (χ3n) is 9.83. The summed E-state index contributed by atoms with van der Waals surface area (Å²) >= 11 is 0. The predicted molar refractivity (Wildman–Crippen MR) is 207 cm³/mol. The van der Waals surface area contributed by atoms with E-state index in [9.17, 15) is 0 Å². The van der Waals surface area contributed by atoms with Crippen LogP contribution < -0.4 is 0 Å². The lowest BCUT2D eigenvalue weighted by atomic mass is 10.0. The summed E-state index contributed by atoms with van der Waals surface area (Å²) in [5, 5.41) is 4.97. The van der Waals surface area contributed by atoms with Crippen LogP contribution in [0.1, 0.15) is 0 Å². The predicted octanol–water partition coefficient (Wildman–Crippen LogP) is 11.7. The van der Waals surface area contributed by atoms with Crippen LogP contribution in [0.15, 0.2) is 182 Å². The van der Waals surface area contributed by atoms with Gasteiger partial charge < -0.3 is 9.13 Å². The van der Waals surface area contributed by atoms with Crippen LogP contribution in [-0.4, -0.2) is 19.1 Å². The zero-order valence-corrected chi connectivity index (χ0v) is 27.1. The lowest BCUT2D eigenvalue weighted by molar-refractivity contribution is 1.18. The summed E-state index contributed by atoms with van der Waals surface area (Å²) in [6.07, 6.45) is 3.78. The van der Waals surface area contributed by atoms with Gasteiger partial charge in [-0.25, -0.2) is 0 Å². The van der Waals surface area contributed by atoms with Crippen LogP contribution in [0.25, 0.3) is 88.6 Å². The van der Waals surface area contributed by atoms with Crippen LogP contribution in [0.2, 0.25) is 0 Å². The Morgan fingerprint density at radius 2 is 0.680 bits per heavy atom. The summed E-state index contributed by atoms with van der Waals surface area (Å²) in [6, 6.07) is 60.4. The second-order valence-corrected chi connectivity index (χ2v) is 12.7. The number of rotatable bonds is 5. The van der Waals surface area contributed by atoms with Crippen LogP contribution in [0, 0.1) is 0 Å². The fourth-order valence-corrected chi connectivity index (χ4v) is 7.51. The van der Waals surface area contributed by atoms with Gasteiger partial charge in [0.1, 0.15) is 0 Å². The number of hydrogen-bond donors (Lipinski definition) is 0. The van der Waals surface area contributed by atoms with Gasteiger partial charge >= 0.3 is 0 Å². The Bertz CT molecular complexity index is 2670. The largest absolute Gasteiger partial charge is 0.309 e. The van der Waals surface area contributed by atoms with Gasteiger partial charge in [0.25, 0.3) is 0 Å². The Kier molecular flexibility index (Phi) is 6.46. The minimum absolute atomic E-state index is 0.840. The van der Waals surface area contributed by atoms with Gasteiger partial charge in [-0.1, -0.05) is 97.1 Å². The SMILES string of the molecule is c1ccc(-n2c3ccccc3c3ccc(-c4ccnc(-c5cc(-c6ccc7c8ccccc8n(-c8ccccc8)c7c6)ccn5)c4)cc32)cc1. The molecule has 0 aliphatic rings. The van der Waals surface area contributed by atoms with Crippen molar-refractivity contribution >= 4 is 43.6 Å². The topological polar surface area (TPSA) is 35.6 Å². The summed E-state index contributed by atoms with van der Waals surface area (Å²) in [7, 11) is 0. The van der Waals surface area contributed by atoms with Crippen molar-refractivity contribution in [2.75, 3.05) is 0 Å². The van der Waals surface area contributed by atoms with Crippen LogP contribution >= 0.6 is 0 Å². The fraction of sp³-hybridized carbons (Fsp3) is 0. The highest BCUT2D eigenvalue weighted by atomic mass is 15.0. The van der Waals surface area contributed by atoms with Gasteiger partial charge in [0.2, 0.25) is 0 Å². The van der Waals surface area contributed by atoms with E-state index in [4.69, 9.17) is 9.97 Å². The third kappa shape index (κ3) is 4.54. The van der Waals surface area contributed by atoms with Crippen molar-refractivity contribution in [1.82, 2.24) is 19.1 Å². The molecule has 0 atom stereocenters. The number of fused-ring (bicyclic) bond motifs is 6. The minimum Gasteiger partial charge on any atom is -0.309 e. The molecule has 0 N–H and O–H groups in total. The fourth-order valence-electron chi connectivity index (χ4n) is 7.51. The molecule has 234 valence electrons. The van der Waals surface area contributed by atoms with Gasteiger partial charge in [-0.05, 0) is 95.1 Å². The van der Waals surface area contributed by atoms with E-state index in [0.717, 1.165) is 45.0 Å². The van der Waals surface area contributed by atoms with Crippen LogP contribution in [0.4, 0.5) is 0 Å². The number of nitrogens with zero attached hydrogens (tertiary/aromatic N) is 4. The minimum atomic E-state index is 0.840. The molecule has 0 saturated carbocycles. The second-order valence-electron chi connectivity index (χ2n) is 12.7. The molecule has 0 aliphatic carbocycles. The molecular weight excluding hydrogens is 609 g/mol. The van der Waals surface area contributed by atoms with E-state index in [1.54, 1.807) is 0 Å². The molecule has 4 aromatic heterocycles. The summed E-state index contributed by atoms with van der Waals surface area (Å²) in [4.78, 5) is 9.59. The highest BCUT2D eigenvalue weighted by Crippen LogP contribution is 2.37. The normalized spacial score (nSPS) is 11.6. The Balaban J connectivity index is 1.07. The molecule has 0 spiro atoms. The van der Waals surface area contributed by atoms with Gasteiger partial charge in [-0.3, -0.25) is 9.97 Å². The molecule has 0 unspecified atom stereocenters. The molecule has 0 aliphatic heterocycles. The molecule has 6 aromatic carbocycles. The van der Waals surface area contributed by atoms with Crippen LogP contribution in [0.5, 0.6) is 0 Å². The molecule has 0 radical (unpaired) electrons. The maximum Gasteiger partial charge on any atom is 0.0892 e. The monoisotopic (exact) mass is 638 g/mol. The molecule has 0 saturated heterocycles. The Morgan fingerprint density at radius 3 is 1.14 bits per heavy atom. The first-order valence-corrected chi connectivity index (χ1v) is 16.9. The number of benzene rings is 6. The zero-order valence-electron chi connectivity index (χ0n) is 27.1. The molecular formula is C46H30N4. The van der Waals surface area contributed by atoms with Gasteiger partial charge in [0, 0.05) is 45.3 Å². The number of aromatic nitrogens is 4.